The van der Waals surface area contributed by atoms with E-state index < -0.39 is 6.04 Å². The van der Waals surface area contributed by atoms with Crippen LogP contribution in [-0.2, 0) is 17.6 Å². The van der Waals surface area contributed by atoms with Gasteiger partial charge in [-0.15, -0.1) is 0 Å². The molecule has 2 aliphatic rings. The Kier molecular flexibility index (Phi) is 5.86. The highest BCUT2D eigenvalue weighted by molar-refractivity contribution is 5.99. The number of rotatable bonds is 5. The van der Waals surface area contributed by atoms with Gasteiger partial charge in [0.15, 0.2) is 11.5 Å². The number of benzene rings is 1. The lowest BCUT2D eigenvalue weighted by Gasteiger charge is -2.40. The SMILES string of the molecule is CC(C)C[C@H]1CN(C(=O)c2noc3c2CCc2cc(F)ccc2-3)[C@@H](CC(C)C)C(=O)N1. The minimum Gasteiger partial charge on any atom is -0.355 e. The van der Waals surface area contributed by atoms with Crippen molar-refractivity contribution in [3.63, 3.8) is 0 Å². The van der Waals surface area contributed by atoms with Crippen LogP contribution in [0.3, 0.4) is 0 Å². The van der Waals surface area contributed by atoms with E-state index in [-0.39, 0.29) is 35.3 Å². The molecule has 2 aromatic rings. The largest absolute Gasteiger partial charge is 0.355 e. The van der Waals surface area contributed by atoms with Crippen molar-refractivity contribution in [1.29, 1.82) is 0 Å². The molecule has 0 saturated carbocycles. The second kappa shape index (κ2) is 8.44. The predicted octanol–water partition coefficient (Wildman–Crippen LogP) is 3.98. The smallest absolute Gasteiger partial charge is 0.277 e. The van der Waals surface area contributed by atoms with E-state index in [9.17, 15) is 14.0 Å². The number of hydrogen-bond acceptors (Lipinski definition) is 4. The monoisotopic (exact) mass is 427 g/mol. The number of amides is 2. The number of piperazine rings is 1. The number of carbonyl (C=O) groups is 2. The van der Waals surface area contributed by atoms with Crippen molar-refractivity contribution in [2.45, 2.75) is 65.5 Å². The number of carbonyl (C=O) groups excluding carboxylic acids is 2. The second-order valence-electron chi connectivity index (χ2n) is 9.58. The molecule has 0 bridgehead atoms. The molecule has 4 rings (SSSR count). The fourth-order valence-corrected chi connectivity index (χ4v) is 4.76. The summed E-state index contributed by atoms with van der Waals surface area (Å²) in [6.07, 6.45) is 2.57. The van der Waals surface area contributed by atoms with Gasteiger partial charge in [-0.3, -0.25) is 9.59 Å². The Balaban J connectivity index is 1.67. The summed E-state index contributed by atoms with van der Waals surface area (Å²) in [6, 6.07) is 3.98. The Morgan fingerprint density at radius 3 is 2.68 bits per heavy atom. The number of fused-ring (bicyclic) bond motifs is 3. The molecule has 0 spiro atoms. The third-order valence-electron chi connectivity index (χ3n) is 6.10. The average Bonchev–Trinajstić information content (AvgIpc) is 3.12. The summed E-state index contributed by atoms with van der Waals surface area (Å²) in [5, 5.41) is 7.23. The van der Waals surface area contributed by atoms with Gasteiger partial charge in [0.25, 0.3) is 5.91 Å². The summed E-state index contributed by atoms with van der Waals surface area (Å²) in [5.41, 5.74) is 2.66. The van der Waals surface area contributed by atoms with Crippen LogP contribution in [0.25, 0.3) is 11.3 Å². The standard InChI is InChI=1S/C24H30FN3O3/c1-13(2)9-17-12-28(20(10-14(3)4)23(29)26-17)24(30)21-19-7-5-15-11-16(25)6-8-18(15)22(19)31-27-21/h6,8,11,13-14,17,20H,5,7,9-10,12H2,1-4H3,(H,26,29)/t17-,20-/m0/s1. The van der Waals surface area contributed by atoms with E-state index in [1.807, 2.05) is 13.8 Å². The van der Waals surface area contributed by atoms with Crippen LogP contribution in [0.15, 0.2) is 22.7 Å². The summed E-state index contributed by atoms with van der Waals surface area (Å²) in [6.45, 7) is 8.76. The molecule has 0 unspecified atom stereocenters. The van der Waals surface area contributed by atoms with Gasteiger partial charge in [0.2, 0.25) is 5.91 Å². The summed E-state index contributed by atoms with van der Waals surface area (Å²) in [7, 11) is 0. The number of aryl methyl sites for hydroxylation is 1. The molecule has 1 aromatic carbocycles. The Morgan fingerprint density at radius 1 is 1.23 bits per heavy atom. The topological polar surface area (TPSA) is 75.4 Å². The second-order valence-corrected chi connectivity index (χ2v) is 9.58. The molecule has 1 aliphatic carbocycles. The molecular weight excluding hydrogens is 397 g/mol. The Bertz CT molecular complexity index is 998. The molecule has 2 heterocycles. The lowest BCUT2D eigenvalue weighted by Crippen LogP contribution is -2.62. The third-order valence-corrected chi connectivity index (χ3v) is 6.10. The van der Waals surface area contributed by atoms with Gasteiger partial charge in [-0.2, -0.15) is 0 Å². The summed E-state index contributed by atoms with van der Waals surface area (Å²) >= 11 is 0. The quantitative estimate of drug-likeness (QED) is 0.783. The summed E-state index contributed by atoms with van der Waals surface area (Å²) in [5.74, 6) is 0.554. The molecule has 1 aromatic heterocycles. The van der Waals surface area contributed by atoms with Crippen LogP contribution in [0.2, 0.25) is 0 Å². The molecule has 1 fully saturated rings. The van der Waals surface area contributed by atoms with E-state index in [1.165, 1.54) is 12.1 Å². The lowest BCUT2D eigenvalue weighted by atomic mass is 9.89. The third kappa shape index (κ3) is 4.23. The molecule has 1 N–H and O–H groups in total. The maximum Gasteiger partial charge on any atom is 0.277 e. The van der Waals surface area contributed by atoms with Gasteiger partial charge in [-0.05, 0) is 61.3 Å². The zero-order valence-electron chi connectivity index (χ0n) is 18.6. The summed E-state index contributed by atoms with van der Waals surface area (Å²) in [4.78, 5) is 28.2. The number of nitrogens with zero attached hydrogens (tertiary/aromatic N) is 2. The maximum atomic E-state index is 13.6. The first-order valence-electron chi connectivity index (χ1n) is 11.1. The van der Waals surface area contributed by atoms with Gasteiger partial charge in [-0.1, -0.05) is 32.9 Å². The molecular formula is C24H30FN3O3. The molecule has 7 heteroatoms. The number of halogens is 1. The minimum atomic E-state index is -0.520. The molecule has 31 heavy (non-hydrogen) atoms. The van der Waals surface area contributed by atoms with Gasteiger partial charge < -0.3 is 14.7 Å². The first-order chi connectivity index (χ1) is 14.7. The van der Waals surface area contributed by atoms with Crippen LogP contribution >= 0.6 is 0 Å². The van der Waals surface area contributed by atoms with Crippen LogP contribution in [0.5, 0.6) is 0 Å². The zero-order valence-corrected chi connectivity index (χ0v) is 18.6. The zero-order chi connectivity index (χ0) is 22.3. The van der Waals surface area contributed by atoms with Gasteiger partial charge in [0.1, 0.15) is 11.9 Å². The molecule has 166 valence electrons. The molecule has 2 amide bonds. The van der Waals surface area contributed by atoms with Crippen molar-refractivity contribution >= 4 is 11.8 Å². The average molecular weight is 428 g/mol. The number of aromatic nitrogens is 1. The lowest BCUT2D eigenvalue weighted by molar-refractivity contribution is -0.130. The van der Waals surface area contributed by atoms with Gasteiger partial charge in [0.05, 0.1) is 0 Å². The van der Waals surface area contributed by atoms with Crippen LogP contribution in [0.1, 0.15) is 62.2 Å². The van der Waals surface area contributed by atoms with E-state index in [4.69, 9.17) is 4.52 Å². The van der Waals surface area contributed by atoms with Gasteiger partial charge in [-0.25, -0.2) is 4.39 Å². The fraction of sp³-hybridized carbons (Fsp3) is 0.542. The normalized spacial score (nSPS) is 20.6. The van der Waals surface area contributed by atoms with E-state index in [2.05, 4.69) is 24.3 Å². The van der Waals surface area contributed by atoms with Crippen molar-refractivity contribution in [1.82, 2.24) is 15.4 Å². The van der Waals surface area contributed by atoms with Crippen LogP contribution in [0, 0.1) is 17.7 Å². The molecule has 6 nitrogen and oxygen atoms in total. The Morgan fingerprint density at radius 2 is 1.97 bits per heavy atom. The highest BCUT2D eigenvalue weighted by Crippen LogP contribution is 2.36. The maximum absolute atomic E-state index is 13.6. The van der Waals surface area contributed by atoms with Crippen LogP contribution in [-0.4, -0.2) is 40.5 Å². The fourth-order valence-electron chi connectivity index (χ4n) is 4.76. The van der Waals surface area contributed by atoms with Crippen LogP contribution < -0.4 is 5.32 Å². The van der Waals surface area contributed by atoms with Crippen molar-refractivity contribution < 1.29 is 18.5 Å². The minimum absolute atomic E-state index is 0.0775. The van der Waals surface area contributed by atoms with E-state index in [0.717, 1.165) is 23.1 Å². The van der Waals surface area contributed by atoms with Gasteiger partial charge in [0, 0.05) is 23.7 Å². The van der Waals surface area contributed by atoms with E-state index in [0.29, 0.717) is 37.5 Å². The van der Waals surface area contributed by atoms with Crippen molar-refractivity contribution in [3.05, 3.63) is 40.8 Å². The number of hydrogen-bond donors (Lipinski definition) is 1. The first-order valence-corrected chi connectivity index (χ1v) is 11.1. The first kappa shape index (κ1) is 21.5. The molecule has 2 atom stereocenters. The number of nitrogens with one attached hydrogen (secondary N) is 1. The highest BCUT2D eigenvalue weighted by Gasteiger charge is 2.40. The Hall–Kier alpha value is -2.70. The Labute approximate surface area is 182 Å². The van der Waals surface area contributed by atoms with E-state index in [1.54, 1.807) is 11.0 Å². The molecule has 1 aliphatic heterocycles. The van der Waals surface area contributed by atoms with Crippen molar-refractivity contribution in [3.8, 4) is 11.3 Å². The van der Waals surface area contributed by atoms with Gasteiger partial charge >= 0.3 is 0 Å². The van der Waals surface area contributed by atoms with Crippen molar-refractivity contribution in [2.75, 3.05) is 6.54 Å². The predicted molar refractivity (Wildman–Crippen MR) is 115 cm³/mol. The molecule has 1 saturated heterocycles. The van der Waals surface area contributed by atoms with Crippen LogP contribution in [0.4, 0.5) is 4.39 Å². The van der Waals surface area contributed by atoms with E-state index >= 15 is 0 Å². The highest BCUT2D eigenvalue weighted by atomic mass is 19.1. The summed E-state index contributed by atoms with van der Waals surface area (Å²) < 4.78 is 19.2. The van der Waals surface area contributed by atoms with Crippen molar-refractivity contribution in [2.24, 2.45) is 11.8 Å². The molecule has 0 radical (unpaired) electrons.